The summed E-state index contributed by atoms with van der Waals surface area (Å²) in [6, 6.07) is 66.1. The van der Waals surface area contributed by atoms with Crippen LogP contribution in [0.4, 0.5) is 11.4 Å². The average Bonchev–Trinajstić information content (AvgIpc) is 3.75. The monoisotopic (exact) mass is 813 g/mol. The van der Waals surface area contributed by atoms with Gasteiger partial charge in [-0.05, 0) is 22.3 Å². The molecule has 240 valence electrons. The van der Waals surface area contributed by atoms with Crippen molar-refractivity contribution in [3.63, 3.8) is 0 Å². The zero-order valence-electron chi connectivity index (χ0n) is 26.8. The van der Waals surface area contributed by atoms with Crippen molar-refractivity contribution in [1.82, 2.24) is 9.80 Å². The second-order valence-electron chi connectivity index (χ2n) is 11.7. The number of anilines is 2. The third kappa shape index (κ3) is 6.57. The van der Waals surface area contributed by atoms with Crippen LogP contribution in [-0.2, 0) is 21.1 Å². The Morgan fingerprint density at radius 1 is 0.367 bits per heavy atom. The van der Waals surface area contributed by atoms with Crippen LogP contribution < -0.4 is 9.80 Å². The van der Waals surface area contributed by atoms with Crippen molar-refractivity contribution in [2.75, 3.05) is 22.9 Å². The Balaban J connectivity index is 0.00000378. The van der Waals surface area contributed by atoms with Crippen LogP contribution in [0.3, 0.4) is 0 Å². The van der Waals surface area contributed by atoms with Crippen molar-refractivity contribution in [2.45, 2.75) is 0 Å². The number of hydrogen-bond donors (Lipinski definition) is 0. The molecule has 0 aromatic heterocycles. The molecule has 49 heavy (non-hydrogen) atoms. The number of benzene rings is 6. The van der Waals surface area contributed by atoms with Gasteiger partial charge in [0.2, 0.25) is 0 Å². The van der Waals surface area contributed by atoms with Crippen LogP contribution in [0, 0.1) is 25.5 Å². The van der Waals surface area contributed by atoms with Gasteiger partial charge >= 0.3 is 21.1 Å². The van der Waals surface area contributed by atoms with Crippen LogP contribution in [0.1, 0.15) is 22.3 Å². The van der Waals surface area contributed by atoms with Gasteiger partial charge in [0.25, 0.3) is 0 Å². The first-order chi connectivity index (χ1) is 23.8. The molecule has 0 unspecified atom stereocenters. The van der Waals surface area contributed by atoms with Crippen LogP contribution in [0.5, 0.6) is 0 Å². The zero-order valence-corrected chi connectivity index (χ0v) is 29.1. The fourth-order valence-electron chi connectivity index (χ4n) is 6.54. The van der Waals surface area contributed by atoms with E-state index >= 15 is 0 Å². The molecular formula is C44H34N4Pt. The summed E-state index contributed by atoms with van der Waals surface area (Å²) in [6.45, 7) is 5.95. The summed E-state index contributed by atoms with van der Waals surface area (Å²) in [4.78, 5) is 9.35. The summed E-state index contributed by atoms with van der Waals surface area (Å²) in [6.07, 6.45) is 0. The molecule has 6 aromatic carbocycles. The van der Waals surface area contributed by atoms with Crippen LogP contribution >= 0.6 is 0 Å². The Hall–Kier alpha value is -5.31. The van der Waals surface area contributed by atoms with Gasteiger partial charge < -0.3 is 19.6 Å². The van der Waals surface area contributed by atoms with E-state index in [0.29, 0.717) is 0 Å². The molecule has 0 radical (unpaired) electrons. The fraction of sp³-hybridized carbons (Fsp3) is 0.0455. The minimum absolute atomic E-state index is 0. The summed E-state index contributed by atoms with van der Waals surface area (Å²) in [5.74, 6) is 0. The molecule has 0 amide bonds. The Morgan fingerprint density at radius 2 is 0.673 bits per heavy atom. The smallest absolute Gasteiger partial charge is 0.500 e. The van der Waals surface area contributed by atoms with E-state index in [-0.39, 0.29) is 21.1 Å². The molecule has 0 aliphatic carbocycles. The molecule has 4 nitrogen and oxygen atoms in total. The molecule has 0 N–H and O–H groups in total. The van der Waals surface area contributed by atoms with Gasteiger partial charge in [-0.3, -0.25) is 0 Å². The standard InChI is InChI=1S/C44H34N4.Pt/c1-7-19-35(20-8-1)41-43(37-23-11-3-12-24-37)47(39-27-15-5-16-28-39)33-45(41)31-32-46-34-48(40-29-17-6-18-30-40)44(38-25-13-4-14-26-38)42(46)36-21-9-2-10-22-36;/h1-27,29,33-34H,31-32H2;/q-4;+4. The second-order valence-corrected chi connectivity index (χ2v) is 11.7. The molecule has 0 spiro atoms. The predicted molar refractivity (Wildman–Crippen MR) is 197 cm³/mol. The largest absolute Gasteiger partial charge is 4.00 e. The first-order valence-electron chi connectivity index (χ1n) is 16.3. The maximum atomic E-state index is 3.48. The molecule has 6 aromatic rings. The molecule has 0 fully saturated rings. The van der Waals surface area contributed by atoms with E-state index in [4.69, 9.17) is 0 Å². The van der Waals surface area contributed by atoms with Crippen molar-refractivity contribution in [3.8, 4) is 0 Å². The van der Waals surface area contributed by atoms with E-state index in [0.717, 1.165) is 47.0 Å². The third-order valence-corrected chi connectivity index (χ3v) is 8.69. The van der Waals surface area contributed by atoms with Gasteiger partial charge in [-0.25, -0.2) is 0 Å². The van der Waals surface area contributed by atoms with E-state index in [1.807, 2.05) is 24.3 Å². The average molecular weight is 814 g/mol. The normalized spacial score (nSPS) is 14.4. The van der Waals surface area contributed by atoms with E-state index in [1.54, 1.807) is 0 Å². The summed E-state index contributed by atoms with van der Waals surface area (Å²) in [7, 11) is 0. The Labute approximate surface area is 304 Å². The first kappa shape index (κ1) is 32.2. The van der Waals surface area contributed by atoms with Gasteiger partial charge in [-0.2, -0.15) is 74.0 Å². The molecule has 8 rings (SSSR count). The fourth-order valence-corrected chi connectivity index (χ4v) is 6.54. The summed E-state index contributed by atoms with van der Waals surface area (Å²) >= 11 is 0. The van der Waals surface area contributed by atoms with Crippen molar-refractivity contribution < 1.29 is 21.1 Å². The van der Waals surface area contributed by atoms with Gasteiger partial charge in [0.15, 0.2) is 0 Å². The van der Waals surface area contributed by atoms with E-state index < -0.39 is 0 Å². The van der Waals surface area contributed by atoms with Crippen molar-refractivity contribution in [1.29, 1.82) is 0 Å². The number of nitrogens with zero attached hydrogens (tertiary/aromatic N) is 4. The van der Waals surface area contributed by atoms with Crippen LogP contribution in [0.2, 0.25) is 0 Å². The topological polar surface area (TPSA) is 13.0 Å². The Kier molecular flexibility index (Phi) is 9.77. The maximum absolute atomic E-state index is 3.48. The van der Waals surface area contributed by atoms with Gasteiger partial charge in [0, 0.05) is 35.9 Å². The van der Waals surface area contributed by atoms with Gasteiger partial charge in [0.1, 0.15) is 0 Å². The molecule has 2 heterocycles. The van der Waals surface area contributed by atoms with Crippen molar-refractivity contribution in [2.24, 2.45) is 0 Å². The minimum atomic E-state index is 0. The molecule has 0 saturated heterocycles. The SMILES string of the molecule is [Pt+4].[c-]1ccccc1N1[CH-]N(CCN2[CH-]N(c3[c-]cccc3)C(c3ccccc3)=C2c2ccccc2)C(c2ccccc2)=C1c1ccccc1. The molecule has 2 aliphatic heterocycles. The molecular weight excluding hydrogens is 780 g/mol. The first-order valence-corrected chi connectivity index (χ1v) is 16.3. The van der Waals surface area contributed by atoms with E-state index in [1.165, 1.54) is 22.5 Å². The van der Waals surface area contributed by atoms with E-state index in [2.05, 4.69) is 191 Å². The Bertz CT molecular complexity index is 1870. The molecule has 0 bridgehead atoms. The molecule has 2 aliphatic rings. The number of para-hydroxylation sites is 2. The van der Waals surface area contributed by atoms with Crippen LogP contribution in [-0.4, -0.2) is 22.9 Å². The number of hydrogen-bond acceptors (Lipinski definition) is 4. The summed E-state index contributed by atoms with van der Waals surface area (Å²) < 4.78 is 0. The minimum Gasteiger partial charge on any atom is -0.500 e. The van der Waals surface area contributed by atoms with Crippen LogP contribution in [0.25, 0.3) is 22.8 Å². The van der Waals surface area contributed by atoms with Crippen molar-refractivity contribution >= 4 is 34.2 Å². The van der Waals surface area contributed by atoms with Crippen molar-refractivity contribution in [3.05, 3.63) is 218 Å². The van der Waals surface area contributed by atoms with Crippen LogP contribution in [0.15, 0.2) is 170 Å². The summed E-state index contributed by atoms with van der Waals surface area (Å²) in [5.41, 5.74) is 11.3. The summed E-state index contributed by atoms with van der Waals surface area (Å²) in [5, 5.41) is 0. The van der Waals surface area contributed by atoms with Gasteiger partial charge in [-0.15, -0.1) is 11.4 Å². The second kappa shape index (κ2) is 14.8. The Morgan fingerprint density at radius 3 is 0.980 bits per heavy atom. The third-order valence-electron chi connectivity index (χ3n) is 8.69. The number of rotatable bonds is 9. The van der Waals surface area contributed by atoms with E-state index in [9.17, 15) is 0 Å². The molecule has 0 saturated carbocycles. The quantitative estimate of drug-likeness (QED) is 0.135. The molecule has 5 heteroatoms. The predicted octanol–water partition coefficient (Wildman–Crippen LogP) is 9.52. The van der Waals surface area contributed by atoms with Gasteiger partial charge in [-0.1, -0.05) is 121 Å². The maximum Gasteiger partial charge on any atom is 4.00 e. The zero-order chi connectivity index (χ0) is 32.1. The van der Waals surface area contributed by atoms with Gasteiger partial charge in [0.05, 0.1) is 0 Å². The molecule has 0 atom stereocenters.